The van der Waals surface area contributed by atoms with Gasteiger partial charge in [-0.2, -0.15) is 0 Å². The van der Waals surface area contributed by atoms with Crippen molar-refractivity contribution in [2.45, 2.75) is 38.6 Å². The van der Waals surface area contributed by atoms with E-state index in [9.17, 15) is 14.4 Å². The third-order valence-corrected chi connectivity index (χ3v) is 4.31. The van der Waals surface area contributed by atoms with Crippen LogP contribution >= 0.6 is 0 Å². The maximum atomic E-state index is 12.6. The van der Waals surface area contributed by atoms with Gasteiger partial charge in [-0.25, -0.2) is 4.79 Å². The van der Waals surface area contributed by atoms with E-state index in [1.54, 1.807) is 6.08 Å². The summed E-state index contributed by atoms with van der Waals surface area (Å²) in [5.74, 6) is -1.10. The summed E-state index contributed by atoms with van der Waals surface area (Å²) in [6, 6.07) is 6.82. The smallest absolute Gasteiger partial charge is 0.273 e. The second-order valence-corrected chi connectivity index (χ2v) is 5.79. The summed E-state index contributed by atoms with van der Waals surface area (Å²) in [6.07, 6.45) is 5.20. The van der Waals surface area contributed by atoms with Crippen molar-refractivity contribution in [1.29, 1.82) is 0 Å². The van der Waals surface area contributed by atoms with Gasteiger partial charge in [-0.1, -0.05) is 37.1 Å². The normalized spacial score (nSPS) is 21.6. The van der Waals surface area contributed by atoms with E-state index < -0.39 is 17.8 Å². The van der Waals surface area contributed by atoms with Gasteiger partial charge in [0.15, 0.2) is 0 Å². The highest BCUT2D eigenvalue weighted by Gasteiger charge is 2.40. The number of rotatable bonds is 2. The Morgan fingerprint density at radius 3 is 2.50 bits per heavy atom. The average Bonchev–Trinajstić information content (AvgIpc) is 2.99. The van der Waals surface area contributed by atoms with Crippen LogP contribution in [0.3, 0.4) is 0 Å². The molecule has 1 aliphatic carbocycles. The standard InChI is InChI=1S/C17H18N2O3/c1-11-6-2-3-7-12(11)10-14-15(20)18-17(22)19(16(14)21)13-8-4-5-9-13/h2-3,6-7,10,13H,4-5,8-9H2,1H3,(H,18,20,22)/b14-10+. The maximum absolute atomic E-state index is 12.6. The number of carbonyl (C=O) groups is 3. The van der Waals surface area contributed by atoms with Crippen LogP contribution in [0.1, 0.15) is 36.8 Å². The molecule has 1 saturated heterocycles. The molecule has 2 aliphatic rings. The number of benzene rings is 1. The number of urea groups is 1. The summed E-state index contributed by atoms with van der Waals surface area (Å²) in [4.78, 5) is 37.9. The van der Waals surface area contributed by atoms with Gasteiger partial charge in [0.05, 0.1) is 0 Å². The Morgan fingerprint density at radius 2 is 1.82 bits per heavy atom. The monoisotopic (exact) mass is 298 g/mol. The zero-order chi connectivity index (χ0) is 15.7. The molecule has 0 unspecified atom stereocenters. The van der Waals surface area contributed by atoms with E-state index in [1.165, 1.54) is 4.90 Å². The summed E-state index contributed by atoms with van der Waals surface area (Å²) < 4.78 is 0. The lowest BCUT2D eigenvalue weighted by Crippen LogP contribution is -2.57. The number of carbonyl (C=O) groups excluding carboxylic acids is 3. The first kappa shape index (κ1) is 14.5. The van der Waals surface area contributed by atoms with Gasteiger partial charge in [0.25, 0.3) is 11.8 Å². The molecule has 1 aliphatic heterocycles. The largest absolute Gasteiger partial charge is 0.331 e. The van der Waals surface area contributed by atoms with Gasteiger partial charge in [0.2, 0.25) is 0 Å². The van der Waals surface area contributed by atoms with Crippen LogP contribution in [-0.2, 0) is 9.59 Å². The van der Waals surface area contributed by atoms with E-state index in [0.717, 1.165) is 36.8 Å². The summed E-state index contributed by atoms with van der Waals surface area (Å²) in [5, 5.41) is 2.29. The fourth-order valence-corrected chi connectivity index (χ4v) is 3.07. The van der Waals surface area contributed by atoms with Crippen molar-refractivity contribution in [1.82, 2.24) is 10.2 Å². The molecule has 0 atom stereocenters. The molecule has 1 aromatic rings. The zero-order valence-electron chi connectivity index (χ0n) is 12.5. The maximum Gasteiger partial charge on any atom is 0.331 e. The summed E-state index contributed by atoms with van der Waals surface area (Å²) >= 11 is 0. The first-order valence-electron chi connectivity index (χ1n) is 7.54. The third-order valence-electron chi connectivity index (χ3n) is 4.31. The molecule has 4 amide bonds. The molecule has 0 aromatic heterocycles. The van der Waals surface area contributed by atoms with E-state index in [-0.39, 0.29) is 11.6 Å². The lowest BCUT2D eigenvalue weighted by atomic mass is 10.0. The van der Waals surface area contributed by atoms with Crippen LogP contribution < -0.4 is 5.32 Å². The number of nitrogens with zero attached hydrogens (tertiary/aromatic N) is 1. The van der Waals surface area contributed by atoms with Gasteiger partial charge in [-0.15, -0.1) is 0 Å². The van der Waals surface area contributed by atoms with E-state index in [2.05, 4.69) is 5.32 Å². The number of nitrogens with one attached hydrogen (secondary N) is 1. The number of imide groups is 2. The number of barbiturate groups is 1. The molecular formula is C17H18N2O3. The predicted molar refractivity (Wildman–Crippen MR) is 81.8 cm³/mol. The molecule has 1 heterocycles. The number of hydrogen-bond donors (Lipinski definition) is 1. The Morgan fingerprint density at radius 1 is 1.14 bits per heavy atom. The lowest BCUT2D eigenvalue weighted by molar-refractivity contribution is -0.131. The molecule has 0 bridgehead atoms. The van der Waals surface area contributed by atoms with E-state index in [4.69, 9.17) is 0 Å². The quantitative estimate of drug-likeness (QED) is 0.673. The molecule has 22 heavy (non-hydrogen) atoms. The first-order valence-corrected chi connectivity index (χ1v) is 7.54. The van der Waals surface area contributed by atoms with Crippen LogP contribution in [0.15, 0.2) is 29.8 Å². The highest BCUT2D eigenvalue weighted by Crippen LogP contribution is 2.27. The number of aryl methyl sites for hydroxylation is 1. The predicted octanol–water partition coefficient (Wildman–Crippen LogP) is 2.40. The Kier molecular flexibility index (Phi) is 3.79. The van der Waals surface area contributed by atoms with Crippen molar-refractivity contribution < 1.29 is 14.4 Å². The van der Waals surface area contributed by atoms with Crippen LogP contribution in [0.5, 0.6) is 0 Å². The number of amides is 4. The Bertz CT molecular complexity index is 672. The molecule has 5 heteroatoms. The summed E-state index contributed by atoms with van der Waals surface area (Å²) in [6.45, 7) is 1.91. The summed E-state index contributed by atoms with van der Waals surface area (Å²) in [5.41, 5.74) is 1.81. The molecule has 5 nitrogen and oxygen atoms in total. The van der Waals surface area contributed by atoms with Crippen LogP contribution in [0.2, 0.25) is 0 Å². The van der Waals surface area contributed by atoms with Crippen molar-refractivity contribution in [3.63, 3.8) is 0 Å². The number of hydrogen-bond acceptors (Lipinski definition) is 3. The summed E-state index contributed by atoms with van der Waals surface area (Å²) in [7, 11) is 0. The van der Waals surface area contributed by atoms with Gasteiger partial charge in [0, 0.05) is 6.04 Å². The second kappa shape index (κ2) is 5.75. The van der Waals surface area contributed by atoms with Crippen LogP contribution in [0, 0.1) is 6.92 Å². The van der Waals surface area contributed by atoms with E-state index >= 15 is 0 Å². The fourth-order valence-electron chi connectivity index (χ4n) is 3.07. The van der Waals surface area contributed by atoms with Crippen molar-refractivity contribution in [2.75, 3.05) is 0 Å². The molecular weight excluding hydrogens is 280 g/mol. The SMILES string of the molecule is Cc1ccccc1/C=C1\C(=O)NC(=O)N(C2CCCC2)C1=O. The highest BCUT2D eigenvalue weighted by molar-refractivity contribution is 6.31. The Hall–Kier alpha value is -2.43. The van der Waals surface area contributed by atoms with E-state index in [0.29, 0.717) is 0 Å². The van der Waals surface area contributed by atoms with Gasteiger partial charge in [0.1, 0.15) is 5.57 Å². The van der Waals surface area contributed by atoms with E-state index in [1.807, 2.05) is 31.2 Å². The molecule has 3 rings (SSSR count). The van der Waals surface area contributed by atoms with Crippen molar-refractivity contribution in [3.8, 4) is 0 Å². The van der Waals surface area contributed by atoms with Crippen molar-refractivity contribution in [3.05, 3.63) is 41.0 Å². The Labute approximate surface area is 129 Å². The van der Waals surface area contributed by atoms with Gasteiger partial charge in [-0.05, 0) is 37.0 Å². The molecule has 0 radical (unpaired) electrons. The molecule has 1 aromatic carbocycles. The van der Waals surface area contributed by atoms with Gasteiger partial charge >= 0.3 is 6.03 Å². The van der Waals surface area contributed by atoms with Crippen molar-refractivity contribution in [2.24, 2.45) is 0 Å². The average molecular weight is 298 g/mol. The fraction of sp³-hybridized carbons (Fsp3) is 0.353. The minimum absolute atomic E-state index is 0.0285. The second-order valence-electron chi connectivity index (χ2n) is 5.79. The Balaban J connectivity index is 1.96. The molecule has 0 spiro atoms. The molecule has 2 fully saturated rings. The lowest BCUT2D eigenvalue weighted by Gasteiger charge is -2.31. The molecule has 114 valence electrons. The third kappa shape index (κ3) is 2.54. The highest BCUT2D eigenvalue weighted by atomic mass is 16.2. The topological polar surface area (TPSA) is 66.5 Å². The first-order chi connectivity index (χ1) is 10.6. The van der Waals surface area contributed by atoms with Crippen LogP contribution in [0.25, 0.3) is 6.08 Å². The van der Waals surface area contributed by atoms with Crippen molar-refractivity contribution >= 4 is 23.9 Å². The van der Waals surface area contributed by atoms with Gasteiger partial charge in [-0.3, -0.25) is 19.8 Å². The van der Waals surface area contributed by atoms with Gasteiger partial charge < -0.3 is 0 Å². The van der Waals surface area contributed by atoms with Crippen LogP contribution in [0.4, 0.5) is 4.79 Å². The minimum Gasteiger partial charge on any atom is -0.273 e. The minimum atomic E-state index is -0.618. The zero-order valence-corrected chi connectivity index (χ0v) is 12.5. The molecule has 1 saturated carbocycles. The molecule has 1 N–H and O–H groups in total. The van der Waals surface area contributed by atoms with Crippen LogP contribution in [-0.4, -0.2) is 28.8 Å².